The first-order valence-corrected chi connectivity index (χ1v) is 7.52. The minimum atomic E-state index is -0.521. The summed E-state index contributed by atoms with van der Waals surface area (Å²) in [6.45, 7) is 2.59. The van der Waals surface area contributed by atoms with E-state index in [1.165, 1.54) is 12.1 Å². The molecule has 0 saturated heterocycles. The minimum Gasteiger partial charge on any atom is -0.352 e. The Labute approximate surface area is 128 Å². The lowest BCUT2D eigenvalue weighted by atomic mass is 10.2. The summed E-state index contributed by atoms with van der Waals surface area (Å²) in [5, 5.41) is 13.5. The fourth-order valence-corrected chi connectivity index (χ4v) is 2.17. The normalized spacial score (nSPS) is 11.9. The van der Waals surface area contributed by atoms with Gasteiger partial charge in [-0.2, -0.15) is 0 Å². The number of alkyl halides is 1. The topological polar surface area (TPSA) is 72.2 Å². The van der Waals surface area contributed by atoms with Crippen LogP contribution in [0, 0.1) is 10.1 Å². The zero-order valence-corrected chi connectivity index (χ0v) is 13.5. The molecule has 0 aliphatic carbocycles. The van der Waals surface area contributed by atoms with E-state index < -0.39 is 4.92 Å². The Balaban J connectivity index is 2.69. The summed E-state index contributed by atoms with van der Waals surface area (Å²) in [5.41, 5.74) is 0.176. The Morgan fingerprint density at radius 3 is 2.74 bits per heavy atom. The smallest absolute Gasteiger partial charge is 0.271 e. The van der Waals surface area contributed by atoms with Gasteiger partial charge in [-0.25, -0.2) is 0 Å². The number of hydrogen-bond donors (Lipinski definition) is 1. The van der Waals surface area contributed by atoms with Crippen molar-refractivity contribution in [2.24, 2.45) is 0 Å². The molecule has 0 aliphatic rings. The minimum absolute atomic E-state index is 0.105. The van der Waals surface area contributed by atoms with Crippen molar-refractivity contribution in [2.75, 3.05) is 6.54 Å². The second-order valence-corrected chi connectivity index (χ2v) is 6.22. The number of carbonyl (C=O) groups excluding carboxylic acids is 1. The number of benzene rings is 1. The Hall–Kier alpha value is -0.950. The van der Waals surface area contributed by atoms with E-state index in [-0.39, 0.29) is 17.2 Å². The van der Waals surface area contributed by atoms with Gasteiger partial charge in [-0.3, -0.25) is 14.9 Å². The second kappa shape index (κ2) is 7.59. The van der Waals surface area contributed by atoms with Gasteiger partial charge in [-0.1, -0.05) is 38.8 Å². The van der Waals surface area contributed by atoms with Gasteiger partial charge in [0.05, 0.1) is 4.92 Å². The molecule has 19 heavy (non-hydrogen) atoms. The molecule has 0 aromatic heterocycles. The van der Waals surface area contributed by atoms with Crippen molar-refractivity contribution in [1.29, 1.82) is 0 Å². The van der Waals surface area contributed by atoms with E-state index in [2.05, 4.69) is 44.1 Å². The van der Waals surface area contributed by atoms with Crippen LogP contribution in [0.25, 0.3) is 0 Å². The van der Waals surface area contributed by atoms with E-state index in [0.717, 1.165) is 12.8 Å². The molecule has 5 nitrogen and oxygen atoms in total. The molecule has 1 N–H and O–H groups in total. The van der Waals surface area contributed by atoms with Crippen LogP contribution in [0.15, 0.2) is 22.7 Å². The van der Waals surface area contributed by atoms with Crippen molar-refractivity contribution >= 4 is 43.5 Å². The molecule has 1 rings (SSSR count). The quantitative estimate of drug-likeness (QED) is 0.455. The molecule has 0 saturated carbocycles. The van der Waals surface area contributed by atoms with Gasteiger partial charge in [0.2, 0.25) is 0 Å². The first-order chi connectivity index (χ1) is 8.93. The molecule has 1 unspecified atom stereocenters. The van der Waals surface area contributed by atoms with E-state index >= 15 is 0 Å². The van der Waals surface area contributed by atoms with E-state index in [4.69, 9.17) is 0 Å². The SMILES string of the molecule is CCC(Br)CCNC(=O)c1cc(Br)cc([N+](=O)[O-])c1. The monoisotopic (exact) mass is 392 g/mol. The standard InChI is InChI=1S/C12H14Br2N2O3/c1-2-9(13)3-4-15-12(17)8-5-10(14)7-11(6-8)16(18)19/h5-7,9H,2-4H2,1H3,(H,15,17). The molecule has 0 bridgehead atoms. The zero-order valence-electron chi connectivity index (χ0n) is 10.4. The third-order valence-corrected chi connectivity index (χ3v) is 4.10. The lowest BCUT2D eigenvalue weighted by Gasteiger charge is -2.08. The van der Waals surface area contributed by atoms with Gasteiger partial charge in [0, 0.05) is 33.5 Å². The van der Waals surface area contributed by atoms with Gasteiger partial charge in [-0.15, -0.1) is 0 Å². The van der Waals surface area contributed by atoms with Gasteiger partial charge in [-0.05, 0) is 18.9 Å². The van der Waals surface area contributed by atoms with Crippen LogP contribution >= 0.6 is 31.9 Å². The number of non-ortho nitro benzene ring substituents is 1. The number of hydrogen-bond acceptors (Lipinski definition) is 3. The van der Waals surface area contributed by atoms with Crippen LogP contribution in [-0.4, -0.2) is 22.2 Å². The number of nitro benzene ring substituents is 1. The zero-order chi connectivity index (χ0) is 14.4. The molecule has 7 heteroatoms. The summed E-state index contributed by atoms with van der Waals surface area (Å²) < 4.78 is 0.513. The van der Waals surface area contributed by atoms with Crippen LogP contribution < -0.4 is 5.32 Å². The van der Waals surface area contributed by atoms with Gasteiger partial charge in [0.15, 0.2) is 0 Å². The van der Waals surface area contributed by atoms with Crippen molar-refractivity contribution in [2.45, 2.75) is 24.6 Å². The van der Waals surface area contributed by atoms with Crippen LogP contribution in [0.3, 0.4) is 0 Å². The average Bonchev–Trinajstić information content (AvgIpc) is 2.37. The molecule has 0 spiro atoms. The second-order valence-electron chi connectivity index (χ2n) is 4.01. The largest absolute Gasteiger partial charge is 0.352 e. The molecule has 0 aliphatic heterocycles. The third-order valence-electron chi connectivity index (χ3n) is 2.54. The summed E-state index contributed by atoms with van der Waals surface area (Å²) in [6, 6.07) is 4.20. The van der Waals surface area contributed by atoms with Crippen LogP contribution in [0.4, 0.5) is 5.69 Å². The predicted octanol–water partition coefficient (Wildman–Crippen LogP) is 3.65. The molecule has 1 aromatic rings. The Morgan fingerprint density at radius 2 is 2.16 bits per heavy atom. The highest BCUT2D eigenvalue weighted by Crippen LogP contribution is 2.21. The number of amides is 1. The maximum Gasteiger partial charge on any atom is 0.271 e. The van der Waals surface area contributed by atoms with E-state index in [1.54, 1.807) is 6.07 Å². The molecule has 1 aromatic carbocycles. The number of halogens is 2. The number of nitro groups is 1. The van der Waals surface area contributed by atoms with E-state index in [0.29, 0.717) is 15.8 Å². The lowest BCUT2D eigenvalue weighted by molar-refractivity contribution is -0.385. The van der Waals surface area contributed by atoms with Gasteiger partial charge in [0.25, 0.3) is 11.6 Å². The van der Waals surface area contributed by atoms with Crippen LogP contribution in [0.2, 0.25) is 0 Å². The summed E-state index contributed by atoms with van der Waals surface area (Å²) in [6.07, 6.45) is 1.80. The molecule has 0 radical (unpaired) electrons. The molecule has 0 heterocycles. The fraction of sp³-hybridized carbons (Fsp3) is 0.417. The van der Waals surface area contributed by atoms with Crippen LogP contribution in [-0.2, 0) is 0 Å². The third kappa shape index (κ3) is 5.28. The summed E-state index contributed by atoms with van der Waals surface area (Å²) in [7, 11) is 0. The lowest BCUT2D eigenvalue weighted by Crippen LogP contribution is -2.26. The highest BCUT2D eigenvalue weighted by Gasteiger charge is 2.13. The number of rotatable bonds is 6. The number of carbonyl (C=O) groups is 1. The molecule has 1 amide bonds. The van der Waals surface area contributed by atoms with Crippen LogP contribution in [0.1, 0.15) is 30.1 Å². The molecular formula is C12H14Br2N2O3. The molecular weight excluding hydrogens is 380 g/mol. The van der Waals surface area contributed by atoms with Gasteiger partial charge >= 0.3 is 0 Å². The Morgan fingerprint density at radius 1 is 1.47 bits per heavy atom. The average molecular weight is 394 g/mol. The van der Waals surface area contributed by atoms with Crippen molar-refractivity contribution in [3.8, 4) is 0 Å². The Bertz CT molecular complexity index is 480. The van der Waals surface area contributed by atoms with Crippen molar-refractivity contribution < 1.29 is 9.72 Å². The first kappa shape index (κ1) is 16.1. The molecule has 1 atom stereocenters. The maximum atomic E-state index is 11.9. The maximum absolute atomic E-state index is 11.9. The number of nitrogens with zero attached hydrogens (tertiary/aromatic N) is 1. The fourth-order valence-electron chi connectivity index (χ4n) is 1.46. The highest BCUT2D eigenvalue weighted by atomic mass is 79.9. The molecule has 0 fully saturated rings. The van der Waals surface area contributed by atoms with Gasteiger partial charge in [0.1, 0.15) is 0 Å². The van der Waals surface area contributed by atoms with E-state index in [9.17, 15) is 14.9 Å². The van der Waals surface area contributed by atoms with Crippen molar-refractivity contribution in [1.82, 2.24) is 5.32 Å². The van der Waals surface area contributed by atoms with Gasteiger partial charge < -0.3 is 5.32 Å². The molecule has 104 valence electrons. The summed E-state index contributed by atoms with van der Waals surface area (Å²) in [5.74, 6) is -0.305. The van der Waals surface area contributed by atoms with Crippen molar-refractivity contribution in [3.05, 3.63) is 38.3 Å². The summed E-state index contributed by atoms with van der Waals surface area (Å²) >= 11 is 6.64. The predicted molar refractivity (Wildman–Crippen MR) is 80.8 cm³/mol. The first-order valence-electron chi connectivity index (χ1n) is 5.81. The summed E-state index contributed by atoms with van der Waals surface area (Å²) in [4.78, 5) is 22.4. The van der Waals surface area contributed by atoms with E-state index in [1.807, 2.05) is 0 Å². The Kier molecular flexibility index (Phi) is 6.44. The van der Waals surface area contributed by atoms with Crippen molar-refractivity contribution in [3.63, 3.8) is 0 Å². The number of nitrogens with one attached hydrogen (secondary N) is 1. The highest BCUT2D eigenvalue weighted by molar-refractivity contribution is 9.10. The van der Waals surface area contributed by atoms with Crippen LogP contribution in [0.5, 0.6) is 0 Å².